The van der Waals surface area contributed by atoms with Crippen molar-refractivity contribution in [1.29, 1.82) is 0 Å². The van der Waals surface area contributed by atoms with Gasteiger partial charge in [-0.2, -0.15) is 0 Å². The number of fused-ring (bicyclic) bond motifs is 1. The molecule has 1 amide bonds. The summed E-state index contributed by atoms with van der Waals surface area (Å²) in [5.41, 5.74) is 7.03. The van der Waals surface area contributed by atoms with Gasteiger partial charge in [0, 0.05) is 19.0 Å². The highest BCUT2D eigenvalue weighted by atomic mass is 16.2. The van der Waals surface area contributed by atoms with Crippen LogP contribution >= 0.6 is 0 Å². The molecule has 1 heterocycles. The lowest BCUT2D eigenvalue weighted by molar-refractivity contribution is -0.129. The predicted octanol–water partition coefficient (Wildman–Crippen LogP) is 2.46. The second-order valence-corrected chi connectivity index (χ2v) is 5.29. The van der Waals surface area contributed by atoms with E-state index in [1.807, 2.05) is 17.0 Å². The van der Waals surface area contributed by atoms with Crippen molar-refractivity contribution in [2.45, 2.75) is 25.4 Å². The zero-order valence-electron chi connectivity index (χ0n) is 11.0. The smallest absolute Gasteiger partial charge is 0.224 e. The Kier molecular flexibility index (Phi) is 2.99. The van der Waals surface area contributed by atoms with Crippen LogP contribution in [0, 0.1) is 0 Å². The highest BCUT2D eigenvalue weighted by Crippen LogP contribution is 2.27. The lowest BCUT2D eigenvalue weighted by atomic mass is 10.0. The van der Waals surface area contributed by atoms with Crippen LogP contribution in [0.5, 0.6) is 0 Å². The second kappa shape index (κ2) is 4.67. The number of likely N-dealkylation sites (tertiary alicyclic amines) is 1. The van der Waals surface area contributed by atoms with Crippen LogP contribution in [0.3, 0.4) is 0 Å². The molecule has 0 spiro atoms. The number of rotatable bonds is 2. The average Bonchev–Trinajstić information content (AvgIpc) is 2.76. The summed E-state index contributed by atoms with van der Waals surface area (Å²) in [6, 6.07) is 14.7. The van der Waals surface area contributed by atoms with E-state index in [-0.39, 0.29) is 18.0 Å². The van der Waals surface area contributed by atoms with Crippen molar-refractivity contribution in [3.05, 3.63) is 48.0 Å². The van der Waals surface area contributed by atoms with Gasteiger partial charge in [-0.1, -0.05) is 36.4 Å². The molecule has 0 aliphatic carbocycles. The predicted molar refractivity (Wildman–Crippen MR) is 76.7 cm³/mol. The number of nitrogens with zero attached hydrogens (tertiary/aromatic N) is 1. The van der Waals surface area contributed by atoms with Gasteiger partial charge in [0.25, 0.3) is 0 Å². The van der Waals surface area contributed by atoms with E-state index in [4.69, 9.17) is 5.73 Å². The molecule has 3 rings (SSSR count). The van der Waals surface area contributed by atoms with E-state index >= 15 is 0 Å². The van der Waals surface area contributed by atoms with Crippen molar-refractivity contribution >= 4 is 16.7 Å². The van der Waals surface area contributed by atoms with Gasteiger partial charge >= 0.3 is 0 Å². The molecule has 1 saturated heterocycles. The fourth-order valence-electron chi connectivity index (χ4n) is 2.78. The molecule has 0 aromatic heterocycles. The normalized spacial score (nSPS) is 21.1. The van der Waals surface area contributed by atoms with Crippen LogP contribution in [-0.2, 0) is 4.79 Å². The number of carbonyl (C=O) groups is 1. The molecule has 0 saturated carbocycles. The average molecular weight is 254 g/mol. The molecule has 0 radical (unpaired) electrons. The van der Waals surface area contributed by atoms with Gasteiger partial charge in [-0.3, -0.25) is 4.79 Å². The van der Waals surface area contributed by atoms with Gasteiger partial charge in [0.1, 0.15) is 0 Å². The van der Waals surface area contributed by atoms with Crippen molar-refractivity contribution < 1.29 is 4.79 Å². The van der Waals surface area contributed by atoms with Gasteiger partial charge < -0.3 is 10.6 Å². The Balaban J connectivity index is 1.93. The summed E-state index contributed by atoms with van der Waals surface area (Å²) in [7, 11) is 0. The molecular weight excluding hydrogens is 236 g/mol. The molecule has 98 valence electrons. The van der Waals surface area contributed by atoms with Crippen molar-refractivity contribution in [2.24, 2.45) is 5.73 Å². The lowest BCUT2D eigenvalue weighted by Gasteiger charge is -2.25. The Morgan fingerprint density at radius 1 is 1.21 bits per heavy atom. The van der Waals surface area contributed by atoms with E-state index in [9.17, 15) is 4.79 Å². The van der Waals surface area contributed by atoms with Crippen molar-refractivity contribution in [3.63, 3.8) is 0 Å². The minimum Gasteiger partial charge on any atom is -0.334 e. The van der Waals surface area contributed by atoms with Gasteiger partial charge in [0.05, 0.1) is 6.04 Å². The topological polar surface area (TPSA) is 46.3 Å². The Morgan fingerprint density at radius 3 is 2.63 bits per heavy atom. The minimum absolute atomic E-state index is 0.0181. The highest BCUT2D eigenvalue weighted by Gasteiger charge is 2.30. The molecule has 3 heteroatoms. The third-order valence-electron chi connectivity index (χ3n) is 3.91. The maximum absolute atomic E-state index is 11.9. The van der Waals surface area contributed by atoms with Gasteiger partial charge in [0.15, 0.2) is 0 Å². The van der Waals surface area contributed by atoms with E-state index < -0.39 is 0 Å². The summed E-state index contributed by atoms with van der Waals surface area (Å²) in [6.07, 6.45) is 0.470. The zero-order valence-corrected chi connectivity index (χ0v) is 11.0. The number of hydrogen-bond acceptors (Lipinski definition) is 2. The largest absolute Gasteiger partial charge is 0.334 e. The molecule has 2 unspecified atom stereocenters. The first-order chi connectivity index (χ1) is 9.15. The summed E-state index contributed by atoms with van der Waals surface area (Å²) in [5.74, 6) is 0.160. The standard InChI is InChI=1S/C16H18N2O/c1-11(18-10-15(17)9-16(18)19)13-7-6-12-4-2-3-5-14(12)8-13/h2-8,11,15H,9-10,17H2,1H3. The molecular formula is C16H18N2O. The monoisotopic (exact) mass is 254 g/mol. The summed E-state index contributed by atoms with van der Waals surface area (Å²) in [5, 5.41) is 2.44. The van der Waals surface area contributed by atoms with Gasteiger partial charge in [-0.05, 0) is 29.3 Å². The quantitative estimate of drug-likeness (QED) is 0.894. The van der Waals surface area contributed by atoms with E-state index in [0.29, 0.717) is 13.0 Å². The summed E-state index contributed by atoms with van der Waals surface area (Å²) >= 11 is 0. The number of benzene rings is 2. The Morgan fingerprint density at radius 2 is 1.95 bits per heavy atom. The Hall–Kier alpha value is -1.87. The van der Waals surface area contributed by atoms with Crippen LogP contribution in [0.25, 0.3) is 10.8 Å². The van der Waals surface area contributed by atoms with E-state index in [1.54, 1.807) is 0 Å². The van der Waals surface area contributed by atoms with E-state index in [1.165, 1.54) is 16.3 Å². The van der Waals surface area contributed by atoms with Crippen LogP contribution in [0.2, 0.25) is 0 Å². The minimum atomic E-state index is -0.0181. The third kappa shape index (κ3) is 2.22. The summed E-state index contributed by atoms with van der Waals surface area (Å²) in [4.78, 5) is 13.8. The van der Waals surface area contributed by atoms with Crippen LogP contribution in [0.15, 0.2) is 42.5 Å². The van der Waals surface area contributed by atoms with Crippen LogP contribution in [0.4, 0.5) is 0 Å². The van der Waals surface area contributed by atoms with Crippen LogP contribution in [-0.4, -0.2) is 23.4 Å². The molecule has 2 aromatic rings. The molecule has 2 N–H and O–H groups in total. The second-order valence-electron chi connectivity index (χ2n) is 5.29. The van der Waals surface area contributed by atoms with Crippen LogP contribution in [0.1, 0.15) is 24.9 Å². The fourth-order valence-corrected chi connectivity index (χ4v) is 2.78. The van der Waals surface area contributed by atoms with Gasteiger partial charge in [0.2, 0.25) is 5.91 Å². The first-order valence-corrected chi connectivity index (χ1v) is 6.69. The number of nitrogens with two attached hydrogens (primary N) is 1. The van der Waals surface area contributed by atoms with Crippen molar-refractivity contribution in [2.75, 3.05) is 6.54 Å². The van der Waals surface area contributed by atoms with Crippen molar-refractivity contribution in [3.8, 4) is 0 Å². The number of hydrogen-bond donors (Lipinski definition) is 1. The zero-order chi connectivity index (χ0) is 13.4. The lowest BCUT2D eigenvalue weighted by Crippen LogP contribution is -2.30. The highest BCUT2D eigenvalue weighted by molar-refractivity contribution is 5.84. The first kappa shape index (κ1) is 12.2. The molecule has 1 aliphatic rings. The SMILES string of the molecule is CC(c1ccc2ccccc2c1)N1CC(N)CC1=O. The molecule has 0 bridgehead atoms. The summed E-state index contributed by atoms with van der Waals surface area (Å²) in [6.45, 7) is 2.73. The molecule has 2 atom stereocenters. The van der Waals surface area contributed by atoms with E-state index in [2.05, 4.69) is 37.3 Å². The Bertz CT molecular complexity index is 623. The van der Waals surface area contributed by atoms with Crippen LogP contribution < -0.4 is 5.73 Å². The number of amides is 1. The third-order valence-corrected chi connectivity index (χ3v) is 3.91. The summed E-state index contributed by atoms with van der Waals surface area (Å²) < 4.78 is 0. The number of carbonyl (C=O) groups excluding carboxylic acids is 1. The fraction of sp³-hybridized carbons (Fsp3) is 0.312. The molecule has 3 nitrogen and oxygen atoms in total. The van der Waals surface area contributed by atoms with Crippen molar-refractivity contribution in [1.82, 2.24) is 4.90 Å². The molecule has 1 fully saturated rings. The molecule has 19 heavy (non-hydrogen) atoms. The maximum Gasteiger partial charge on any atom is 0.224 e. The Labute approximate surface area is 113 Å². The maximum atomic E-state index is 11.9. The van der Waals surface area contributed by atoms with E-state index in [0.717, 1.165) is 0 Å². The molecule has 1 aliphatic heterocycles. The van der Waals surface area contributed by atoms with Gasteiger partial charge in [-0.25, -0.2) is 0 Å². The van der Waals surface area contributed by atoms with Gasteiger partial charge in [-0.15, -0.1) is 0 Å². The molecule has 2 aromatic carbocycles. The first-order valence-electron chi connectivity index (χ1n) is 6.69.